The standard InChI is InChI=1S/C11H21NO2/c1-10(2)8(7-9(13)14-4)5-6-11(10,3)12/h8H,5-7,12H2,1-4H3. The van der Waals surface area contributed by atoms with Gasteiger partial charge in [0.05, 0.1) is 7.11 Å². The fraction of sp³-hybridized carbons (Fsp3) is 0.909. The van der Waals surface area contributed by atoms with Crippen LogP contribution in [0.3, 0.4) is 0 Å². The van der Waals surface area contributed by atoms with Crippen LogP contribution in [-0.2, 0) is 9.53 Å². The van der Waals surface area contributed by atoms with Gasteiger partial charge in [0.15, 0.2) is 0 Å². The lowest BCUT2D eigenvalue weighted by Crippen LogP contribution is -2.48. The molecular weight excluding hydrogens is 178 g/mol. The fourth-order valence-electron chi connectivity index (χ4n) is 2.27. The highest BCUT2D eigenvalue weighted by atomic mass is 16.5. The minimum Gasteiger partial charge on any atom is -0.469 e. The Morgan fingerprint density at radius 2 is 2.07 bits per heavy atom. The molecule has 0 radical (unpaired) electrons. The highest BCUT2D eigenvalue weighted by Crippen LogP contribution is 2.49. The van der Waals surface area contributed by atoms with Gasteiger partial charge in [-0.3, -0.25) is 4.79 Å². The molecule has 1 aliphatic rings. The quantitative estimate of drug-likeness (QED) is 0.689. The van der Waals surface area contributed by atoms with Crippen LogP contribution in [-0.4, -0.2) is 18.6 Å². The third-order valence-electron chi connectivity index (χ3n) is 4.15. The maximum atomic E-state index is 11.2. The van der Waals surface area contributed by atoms with Crippen molar-refractivity contribution in [3.63, 3.8) is 0 Å². The third kappa shape index (κ3) is 1.78. The Labute approximate surface area is 86.0 Å². The second-order valence-electron chi connectivity index (χ2n) is 5.16. The number of ether oxygens (including phenoxy) is 1. The van der Waals surface area contributed by atoms with Crippen molar-refractivity contribution in [2.75, 3.05) is 7.11 Å². The summed E-state index contributed by atoms with van der Waals surface area (Å²) in [5.74, 6) is 0.228. The summed E-state index contributed by atoms with van der Waals surface area (Å²) in [7, 11) is 1.44. The summed E-state index contributed by atoms with van der Waals surface area (Å²) in [5, 5.41) is 0. The fourth-order valence-corrected chi connectivity index (χ4v) is 2.27. The Hall–Kier alpha value is -0.570. The Kier molecular flexibility index (Phi) is 2.91. The van der Waals surface area contributed by atoms with E-state index in [0.29, 0.717) is 12.3 Å². The van der Waals surface area contributed by atoms with Crippen molar-refractivity contribution < 1.29 is 9.53 Å². The molecule has 0 aliphatic heterocycles. The molecule has 1 fully saturated rings. The lowest BCUT2D eigenvalue weighted by Gasteiger charge is -2.38. The number of hydrogen-bond donors (Lipinski definition) is 1. The molecule has 1 aliphatic carbocycles. The van der Waals surface area contributed by atoms with Gasteiger partial charge in [-0.2, -0.15) is 0 Å². The first kappa shape index (κ1) is 11.5. The van der Waals surface area contributed by atoms with Crippen LogP contribution in [0, 0.1) is 11.3 Å². The normalized spacial score (nSPS) is 35.6. The summed E-state index contributed by atoms with van der Waals surface area (Å²) in [6, 6.07) is 0. The van der Waals surface area contributed by atoms with Crippen LogP contribution in [0.5, 0.6) is 0 Å². The summed E-state index contributed by atoms with van der Waals surface area (Å²) in [6.45, 7) is 6.37. The molecule has 0 aromatic heterocycles. The molecule has 3 nitrogen and oxygen atoms in total. The molecule has 1 rings (SSSR count). The third-order valence-corrected chi connectivity index (χ3v) is 4.15. The van der Waals surface area contributed by atoms with Crippen molar-refractivity contribution in [2.24, 2.45) is 17.1 Å². The van der Waals surface area contributed by atoms with Crippen molar-refractivity contribution >= 4 is 5.97 Å². The van der Waals surface area contributed by atoms with Gasteiger partial charge in [0.25, 0.3) is 0 Å². The lowest BCUT2D eigenvalue weighted by molar-refractivity contribution is -0.142. The summed E-state index contributed by atoms with van der Waals surface area (Å²) in [5.41, 5.74) is 6.07. The van der Waals surface area contributed by atoms with Crippen molar-refractivity contribution in [3.05, 3.63) is 0 Å². The van der Waals surface area contributed by atoms with Gasteiger partial charge < -0.3 is 10.5 Å². The van der Waals surface area contributed by atoms with Crippen LogP contribution in [0.4, 0.5) is 0 Å². The topological polar surface area (TPSA) is 52.3 Å². The molecule has 0 aromatic rings. The second-order valence-corrected chi connectivity index (χ2v) is 5.16. The van der Waals surface area contributed by atoms with E-state index in [-0.39, 0.29) is 16.9 Å². The first-order valence-electron chi connectivity index (χ1n) is 5.17. The summed E-state index contributed by atoms with van der Waals surface area (Å²) in [4.78, 5) is 11.2. The van der Waals surface area contributed by atoms with E-state index in [2.05, 4.69) is 20.8 Å². The molecule has 82 valence electrons. The maximum absolute atomic E-state index is 11.2. The molecule has 2 N–H and O–H groups in total. The van der Waals surface area contributed by atoms with E-state index in [1.54, 1.807) is 0 Å². The molecule has 0 saturated heterocycles. The van der Waals surface area contributed by atoms with E-state index in [4.69, 9.17) is 10.5 Å². The van der Waals surface area contributed by atoms with Crippen LogP contribution in [0.1, 0.15) is 40.0 Å². The van der Waals surface area contributed by atoms with Gasteiger partial charge >= 0.3 is 5.97 Å². The van der Waals surface area contributed by atoms with Crippen molar-refractivity contribution in [1.29, 1.82) is 0 Å². The zero-order chi connectivity index (χ0) is 11.0. The number of methoxy groups -OCH3 is 1. The van der Waals surface area contributed by atoms with Gasteiger partial charge in [-0.1, -0.05) is 13.8 Å². The zero-order valence-corrected chi connectivity index (χ0v) is 9.59. The van der Waals surface area contributed by atoms with E-state index in [1.807, 2.05) is 0 Å². The highest BCUT2D eigenvalue weighted by Gasteiger charge is 2.49. The highest BCUT2D eigenvalue weighted by molar-refractivity contribution is 5.69. The van der Waals surface area contributed by atoms with E-state index < -0.39 is 0 Å². The van der Waals surface area contributed by atoms with Gasteiger partial charge in [-0.25, -0.2) is 0 Å². The van der Waals surface area contributed by atoms with Crippen LogP contribution < -0.4 is 5.73 Å². The van der Waals surface area contributed by atoms with Gasteiger partial charge in [-0.05, 0) is 31.1 Å². The summed E-state index contributed by atoms with van der Waals surface area (Å²) >= 11 is 0. The van der Waals surface area contributed by atoms with Crippen molar-refractivity contribution in [3.8, 4) is 0 Å². The maximum Gasteiger partial charge on any atom is 0.305 e. The van der Waals surface area contributed by atoms with Crippen LogP contribution in [0.2, 0.25) is 0 Å². The van der Waals surface area contributed by atoms with Crippen molar-refractivity contribution in [2.45, 2.75) is 45.6 Å². The van der Waals surface area contributed by atoms with E-state index in [1.165, 1.54) is 7.11 Å². The monoisotopic (exact) mass is 199 g/mol. The number of carbonyl (C=O) groups is 1. The minimum atomic E-state index is -0.161. The Morgan fingerprint density at radius 1 is 1.50 bits per heavy atom. The minimum absolute atomic E-state index is 0.0151. The molecule has 2 unspecified atom stereocenters. The molecule has 1 saturated carbocycles. The van der Waals surface area contributed by atoms with Gasteiger partial charge in [-0.15, -0.1) is 0 Å². The van der Waals surface area contributed by atoms with Gasteiger partial charge in [0.1, 0.15) is 0 Å². The first-order valence-corrected chi connectivity index (χ1v) is 5.17. The Bertz CT molecular complexity index is 233. The van der Waals surface area contributed by atoms with Crippen LogP contribution in [0.15, 0.2) is 0 Å². The predicted octanol–water partition coefficient (Wildman–Crippen LogP) is 1.70. The van der Waals surface area contributed by atoms with Gasteiger partial charge in [0, 0.05) is 12.0 Å². The molecule has 14 heavy (non-hydrogen) atoms. The molecular formula is C11H21NO2. The summed E-state index contributed by atoms with van der Waals surface area (Å²) < 4.78 is 4.69. The number of hydrogen-bond acceptors (Lipinski definition) is 3. The Morgan fingerprint density at radius 3 is 2.43 bits per heavy atom. The molecule has 0 amide bonds. The zero-order valence-electron chi connectivity index (χ0n) is 9.59. The number of carbonyl (C=O) groups excluding carboxylic acids is 1. The van der Waals surface area contributed by atoms with Gasteiger partial charge in [0.2, 0.25) is 0 Å². The van der Waals surface area contributed by atoms with Crippen LogP contribution in [0.25, 0.3) is 0 Å². The SMILES string of the molecule is COC(=O)CC1CCC(C)(N)C1(C)C. The smallest absolute Gasteiger partial charge is 0.305 e. The average molecular weight is 199 g/mol. The first-order chi connectivity index (χ1) is 6.31. The largest absolute Gasteiger partial charge is 0.469 e. The van der Waals surface area contributed by atoms with E-state index >= 15 is 0 Å². The number of rotatable bonds is 2. The molecule has 3 heteroatoms. The predicted molar refractivity (Wildman–Crippen MR) is 55.7 cm³/mol. The second kappa shape index (κ2) is 3.54. The average Bonchev–Trinajstić information content (AvgIpc) is 2.28. The molecule has 2 atom stereocenters. The number of nitrogens with two attached hydrogens (primary N) is 1. The van der Waals surface area contributed by atoms with Crippen molar-refractivity contribution in [1.82, 2.24) is 0 Å². The van der Waals surface area contributed by atoms with E-state index in [9.17, 15) is 4.79 Å². The molecule has 0 aromatic carbocycles. The van der Waals surface area contributed by atoms with Crippen LogP contribution >= 0.6 is 0 Å². The molecule has 0 spiro atoms. The Balaban J connectivity index is 2.70. The molecule has 0 bridgehead atoms. The number of esters is 1. The molecule has 0 heterocycles. The summed E-state index contributed by atoms with van der Waals surface area (Å²) in [6.07, 6.45) is 2.51. The van der Waals surface area contributed by atoms with E-state index in [0.717, 1.165) is 12.8 Å². The lowest BCUT2D eigenvalue weighted by atomic mass is 9.71.